The number of nitrogens with zero attached hydrogens (tertiary/aromatic N) is 1. The van der Waals surface area contributed by atoms with Crippen molar-refractivity contribution in [2.45, 2.75) is 77.7 Å². The molecule has 0 aromatic heterocycles. The first-order chi connectivity index (χ1) is 19.9. The Morgan fingerprint density at radius 2 is 1.43 bits per heavy atom. The number of amides is 3. The van der Waals surface area contributed by atoms with Gasteiger partial charge in [-0.2, -0.15) is 0 Å². The van der Waals surface area contributed by atoms with Crippen LogP contribution < -0.4 is 10.6 Å². The van der Waals surface area contributed by atoms with Crippen molar-refractivity contribution in [2.24, 2.45) is 0 Å². The Bertz CT molecular complexity index is 1320. The number of nitrogens with one attached hydrogen (secondary N) is 2. The number of benzene rings is 3. The van der Waals surface area contributed by atoms with E-state index < -0.39 is 41.6 Å². The maximum Gasteiger partial charge on any atom is 0.408 e. The van der Waals surface area contributed by atoms with Crippen molar-refractivity contribution < 1.29 is 29.3 Å². The quantitative estimate of drug-likeness (QED) is 0.248. The van der Waals surface area contributed by atoms with E-state index >= 15 is 0 Å². The number of phenols is 2. The van der Waals surface area contributed by atoms with Crippen LogP contribution in [-0.2, 0) is 27.3 Å². The topological polar surface area (TPSA) is 128 Å². The molecule has 0 heterocycles. The number of carbonyl (C=O) groups is 3. The minimum absolute atomic E-state index is 0.0282. The molecule has 0 aliphatic carbocycles. The fourth-order valence-electron chi connectivity index (χ4n) is 4.47. The zero-order valence-electron chi connectivity index (χ0n) is 24.8. The summed E-state index contributed by atoms with van der Waals surface area (Å²) in [6.45, 7) is 9.20. The molecule has 3 unspecified atom stereocenters. The van der Waals surface area contributed by atoms with E-state index in [0.717, 1.165) is 5.56 Å². The van der Waals surface area contributed by atoms with Gasteiger partial charge in [0.1, 0.15) is 29.2 Å². The smallest absolute Gasteiger partial charge is 0.408 e. The van der Waals surface area contributed by atoms with E-state index in [9.17, 15) is 24.6 Å². The lowest BCUT2D eigenvalue weighted by atomic mass is 9.97. The van der Waals surface area contributed by atoms with Crippen molar-refractivity contribution in [1.29, 1.82) is 0 Å². The highest BCUT2D eigenvalue weighted by Crippen LogP contribution is 2.28. The number of hydrogen-bond acceptors (Lipinski definition) is 6. The molecule has 9 heteroatoms. The number of aromatic hydroxyl groups is 2. The van der Waals surface area contributed by atoms with Crippen LogP contribution in [0, 0.1) is 0 Å². The fourth-order valence-corrected chi connectivity index (χ4v) is 4.47. The molecule has 0 aliphatic rings. The third-order valence-electron chi connectivity index (χ3n) is 6.73. The molecule has 224 valence electrons. The van der Waals surface area contributed by atoms with Crippen molar-refractivity contribution in [2.75, 3.05) is 0 Å². The Morgan fingerprint density at radius 3 is 1.98 bits per heavy atom. The summed E-state index contributed by atoms with van der Waals surface area (Å²) in [4.78, 5) is 42.7. The number of rotatable bonds is 11. The molecule has 0 saturated carbocycles. The highest BCUT2D eigenvalue weighted by Gasteiger charge is 2.38. The molecule has 9 nitrogen and oxygen atoms in total. The van der Waals surface area contributed by atoms with Crippen LogP contribution in [0.3, 0.4) is 0 Å². The second-order valence-corrected chi connectivity index (χ2v) is 11.3. The van der Waals surface area contributed by atoms with Crippen molar-refractivity contribution in [3.8, 4) is 11.5 Å². The zero-order valence-corrected chi connectivity index (χ0v) is 24.8. The molecule has 3 aromatic rings. The average Bonchev–Trinajstić information content (AvgIpc) is 2.95. The second kappa shape index (κ2) is 14.4. The van der Waals surface area contributed by atoms with Gasteiger partial charge in [0, 0.05) is 19.0 Å². The first-order valence-corrected chi connectivity index (χ1v) is 14.1. The van der Waals surface area contributed by atoms with Crippen LogP contribution >= 0.6 is 0 Å². The molecule has 4 N–H and O–H groups in total. The van der Waals surface area contributed by atoms with Crippen molar-refractivity contribution in [1.82, 2.24) is 15.5 Å². The van der Waals surface area contributed by atoms with Crippen LogP contribution in [0.4, 0.5) is 4.79 Å². The van der Waals surface area contributed by atoms with Gasteiger partial charge < -0.3 is 30.5 Å². The molecule has 0 fully saturated rings. The van der Waals surface area contributed by atoms with Gasteiger partial charge in [-0.15, -0.1) is 0 Å². The van der Waals surface area contributed by atoms with Crippen molar-refractivity contribution in [3.05, 3.63) is 95.6 Å². The number of ether oxygens (including phenoxy) is 1. The summed E-state index contributed by atoms with van der Waals surface area (Å²) in [6.07, 6.45) is -0.136. The Labute approximate surface area is 247 Å². The average molecular weight is 576 g/mol. The van der Waals surface area contributed by atoms with Gasteiger partial charge in [-0.25, -0.2) is 4.79 Å². The van der Waals surface area contributed by atoms with E-state index in [1.54, 1.807) is 45.0 Å². The van der Waals surface area contributed by atoms with E-state index in [1.807, 2.05) is 44.2 Å². The van der Waals surface area contributed by atoms with Crippen LogP contribution in [0.15, 0.2) is 78.9 Å². The van der Waals surface area contributed by atoms with Gasteiger partial charge >= 0.3 is 6.09 Å². The lowest BCUT2D eigenvalue weighted by Gasteiger charge is -2.38. The molecule has 3 rings (SSSR count). The van der Waals surface area contributed by atoms with Crippen molar-refractivity contribution >= 4 is 17.9 Å². The molecular formula is C33H41N3O6. The molecule has 0 radical (unpaired) electrons. The minimum atomic E-state index is -1.08. The summed E-state index contributed by atoms with van der Waals surface area (Å²) in [5.74, 6) is -0.777. The highest BCUT2D eigenvalue weighted by atomic mass is 16.6. The summed E-state index contributed by atoms with van der Waals surface area (Å²) < 4.78 is 5.47. The molecule has 0 spiro atoms. The molecular weight excluding hydrogens is 534 g/mol. The fraction of sp³-hybridized carbons (Fsp3) is 0.364. The lowest BCUT2D eigenvalue weighted by Crippen LogP contribution is -2.56. The number of alkyl carbamates (subject to hydrolysis) is 1. The van der Waals surface area contributed by atoms with Gasteiger partial charge in [0.05, 0.1) is 0 Å². The van der Waals surface area contributed by atoms with Crippen LogP contribution in [0.25, 0.3) is 0 Å². The molecule has 0 saturated heterocycles. The predicted octanol–water partition coefficient (Wildman–Crippen LogP) is 5.22. The van der Waals surface area contributed by atoms with Gasteiger partial charge in [0.15, 0.2) is 0 Å². The van der Waals surface area contributed by atoms with E-state index in [4.69, 9.17) is 4.74 Å². The molecule has 3 amide bonds. The Hall–Kier alpha value is -4.53. The minimum Gasteiger partial charge on any atom is -0.508 e. The van der Waals surface area contributed by atoms with Crippen molar-refractivity contribution in [3.63, 3.8) is 0 Å². The standard InChI is InChI=1S/C33H41N3O6/c1-6-22(2)36(29(25-14-18-27(38)19-15-25)30(39)34-21-24-10-8-7-9-11-24)31(40)28(35-32(41)42-33(3,4)5)20-23-12-16-26(37)17-13-23/h7-19,22,28-29,37-38H,6,20-21H2,1-5H3,(H,34,39)(H,35,41). The first kappa shape index (κ1) is 32.0. The van der Waals surface area contributed by atoms with Crippen LogP contribution in [0.1, 0.15) is 63.8 Å². The van der Waals surface area contributed by atoms with Gasteiger partial charge in [0.25, 0.3) is 0 Å². The zero-order chi connectivity index (χ0) is 30.9. The summed E-state index contributed by atoms with van der Waals surface area (Å²) >= 11 is 0. The summed E-state index contributed by atoms with van der Waals surface area (Å²) in [5.41, 5.74) is 1.31. The first-order valence-electron chi connectivity index (χ1n) is 14.1. The number of hydrogen-bond donors (Lipinski definition) is 4. The third kappa shape index (κ3) is 9.26. The second-order valence-electron chi connectivity index (χ2n) is 11.3. The Morgan fingerprint density at radius 1 is 0.857 bits per heavy atom. The Kier molecular flexibility index (Phi) is 11.0. The van der Waals surface area contributed by atoms with Gasteiger partial charge in [-0.3, -0.25) is 9.59 Å². The van der Waals surface area contributed by atoms with Crippen LogP contribution in [0.5, 0.6) is 11.5 Å². The largest absolute Gasteiger partial charge is 0.508 e. The third-order valence-corrected chi connectivity index (χ3v) is 6.73. The highest BCUT2D eigenvalue weighted by molar-refractivity contribution is 5.92. The predicted molar refractivity (Wildman–Crippen MR) is 161 cm³/mol. The lowest BCUT2D eigenvalue weighted by molar-refractivity contribution is -0.145. The number of phenolic OH excluding ortho intramolecular Hbond substituents is 2. The maximum atomic E-state index is 14.5. The Balaban J connectivity index is 2.03. The molecule has 3 aromatic carbocycles. The summed E-state index contributed by atoms with van der Waals surface area (Å²) in [5, 5.41) is 25.4. The maximum absolute atomic E-state index is 14.5. The van der Waals surface area contributed by atoms with E-state index in [1.165, 1.54) is 29.2 Å². The van der Waals surface area contributed by atoms with Gasteiger partial charge in [-0.05, 0) is 75.1 Å². The molecule has 42 heavy (non-hydrogen) atoms. The molecule has 3 atom stereocenters. The van der Waals surface area contributed by atoms with Gasteiger partial charge in [-0.1, -0.05) is 61.5 Å². The molecule has 0 aliphatic heterocycles. The summed E-state index contributed by atoms with van der Waals surface area (Å²) in [6, 6.07) is 19.4. The van der Waals surface area contributed by atoms with E-state index in [-0.39, 0.29) is 24.5 Å². The van der Waals surface area contributed by atoms with Crippen LogP contribution in [0.2, 0.25) is 0 Å². The summed E-state index contributed by atoms with van der Waals surface area (Å²) in [7, 11) is 0. The van der Waals surface area contributed by atoms with E-state index in [2.05, 4.69) is 10.6 Å². The SMILES string of the molecule is CCC(C)N(C(=O)C(Cc1ccc(O)cc1)NC(=O)OC(C)(C)C)C(C(=O)NCc1ccccc1)c1ccc(O)cc1. The molecule has 0 bridgehead atoms. The number of carbonyl (C=O) groups excluding carboxylic acids is 3. The monoisotopic (exact) mass is 575 g/mol. The van der Waals surface area contributed by atoms with E-state index in [0.29, 0.717) is 17.5 Å². The normalized spacial score (nSPS) is 13.4. The van der Waals surface area contributed by atoms with Crippen LogP contribution in [-0.4, -0.2) is 50.7 Å². The van der Waals surface area contributed by atoms with Gasteiger partial charge in [0.2, 0.25) is 11.8 Å².